The fourth-order valence-electron chi connectivity index (χ4n) is 3.35. The SMILES string of the molecule is O=C(CC1=C(c2ccccc2)CCC1=O)NC1CCS(=O)(=O)CC1. The molecule has 0 spiro atoms. The lowest BCUT2D eigenvalue weighted by atomic mass is 9.99. The molecule has 1 aromatic carbocycles. The van der Waals surface area contributed by atoms with Gasteiger partial charge in [0, 0.05) is 18.0 Å². The van der Waals surface area contributed by atoms with Gasteiger partial charge in [0.25, 0.3) is 0 Å². The first-order valence-corrected chi connectivity index (χ1v) is 10.1. The minimum absolute atomic E-state index is 0.0372. The fraction of sp³-hybridized carbons (Fsp3) is 0.444. The minimum Gasteiger partial charge on any atom is -0.353 e. The Labute approximate surface area is 142 Å². The average molecular weight is 347 g/mol. The third-order valence-electron chi connectivity index (χ3n) is 4.68. The number of carbonyl (C=O) groups is 2. The van der Waals surface area contributed by atoms with Gasteiger partial charge in [0.15, 0.2) is 5.78 Å². The zero-order valence-electron chi connectivity index (χ0n) is 13.5. The normalized spacial score (nSPS) is 21.1. The number of hydrogen-bond donors (Lipinski definition) is 1. The summed E-state index contributed by atoms with van der Waals surface area (Å²) < 4.78 is 22.9. The van der Waals surface area contributed by atoms with Gasteiger partial charge in [-0.1, -0.05) is 30.3 Å². The first-order valence-electron chi connectivity index (χ1n) is 8.25. The minimum atomic E-state index is -2.94. The van der Waals surface area contributed by atoms with E-state index in [1.165, 1.54) is 0 Å². The Morgan fingerprint density at radius 3 is 2.42 bits per heavy atom. The number of sulfone groups is 1. The molecule has 1 saturated heterocycles. The number of allylic oxidation sites excluding steroid dienone is 1. The predicted octanol–water partition coefficient (Wildman–Crippen LogP) is 1.89. The van der Waals surface area contributed by atoms with Crippen molar-refractivity contribution >= 4 is 27.1 Å². The second kappa shape index (κ2) is 6.89. The number of hydrogen-bond acceptors (Lipinski definition) is 4. The van der Waals surface area contributed by atoms with E-state index in [0.717, 1.165) is 11.1 Å². The van der Waals surface area contributed by atoms with Crippen molar-refractivity contribution in [1.29, 1.82) is 0 Å². The molecule has 1 amide bonds. The number of ketones is 1. The van der Waals surface area contributed by atoms with Crippen molar-refractivity contribution in [2.24, 2.45) is 0 Å². The summed E-state index contributed by atoms with van der Waals surface area (Å²) in [5, 5.41) is 2.89. The van der Waals surface area contributed by atoms with Crippen LogP contribution in [0.15, 0.2) is 35.9 Å². The van der Waals surface area contributed by atoms with Gasteiger partial charge in [0.2, 0.25) is 5.91 Å². The molecule has 0 aromatic heterocycles. The summed E-state index contributed by atoms with van der Waals surface area (Å²) in [6.07, 6.45) is 2.10. The van der Waals surface area contributed by atoms with Gasteiger partial charge in [-0.3, -0.25) is 9.59 Å². The summed E-state index contributed by atoms with van der Waals surface area (Å²) in [7, 11) is -2.94. The summed E-state index contributed by atoms with van der Waals surface area (Å²) in [5.41, 5.74) is 2.55. The van der Waals surface area contributed by atoms with Crippen molar-refractivity contribution in [3.63, 3.8) is 0 Å². The lowest BCUT2D eigenvalue weighted by Gasteiger charge is -2.23. The van der Waals surface area contributed by atoms with Crippen LogP contribution in [0, 0.1) is 0 Å². The molecule has 1 heterocycles. The van der Waals surface area contributed by atoms with Crippen molar-refractivity contribution in [2.45, 2.75) is 38.1 Å². The summed E-state index contributed by atoms with van der Waals surface area (Å²) in [6, 6.07) is 9.56. The van der Waals surface area contributed by atoms with Crippen molar-refractivity contribution in [2.75, 3.05) is 11.5 Å². The van der Waals surface area contributed by atoms with E-state index < -0.39 is 9.84 Å². The van der Waals surface area contributed by atoms with Crippen molar-refractivity contribution in [1.82, 2.24) is 5.32 Å². The molecule has 6 heteroatoms. The number of rotatable bonds is 4. The average Bonchev–Trinajstić information content (AvgIpc) is 2.91. The monoisotopic (exact) mass is 347 g/mol. The highest BCUT2D eigenvalue weighted by Crippen LogP contribution is 2.33. The Hall–Kier alpha value is -1.95. The first-order chi connectivity index (χ1) is 11.4. The molecule has 3 rings (SSSR count). The molecule has 1 aromatic rings. The lowest BCUT2D eigenvalue weighted by Crippen LogP contribution is -2.41. The molecule has 2 aliphatic rings. The van der Waals surface area contributed by atoms with Crippen LogP contribution in [-0.4, -0.2) is 37.7 Å². The van der Waals surface area contributed by atoms with E-state index in [0.29, 0.717) is 31.3 Å². The van der Waals surface area contributed by atoms with Crippen molar-refractivity contribution < 1.29 is 18.0 Å². The topological polar surface area (TPSA) is 80.3 Å². The van der Waals surface area contributed by atoms with Gasteiger partial charge in [-0.05, 0) is 30.4 Å². The summed E-state index contributed by atoms with van der Waals surface area (Å²) in [6.45, 7) is 0. The van der Waals surface area contributed by atoms with Crippen LogP contribution in [0.1, 0.15) is 37.7 Å². The van der Waals surface area contributed by atoms with E-state index in [-0.39, 0.29) is 35.7 Å². The van der Waals surface area contributed by atoms with Gasteiger partial charge in [-0.2, -0.15) is 0 Å². The highest BCUT2D eigenvalue weighted by atomic mass is 32.2. The maximum Gasteiger partial charge on any atom is 0.224 e. The van der Waals surface area contributed by atoms with Crippen LogP contribution in [0.2, 0.25) is 0 Å². The molecule has 1 aliphatic heterocycles. The highest BCUT2D eigenvalue weighted by molar-refractivity contribution is 7.91. The summed E-state index contributed by atoms with van der Waals surface area (Å²) in [5.74, 6) is 0.0807. The van der Waals surface area contributed by atoms with E-state index in [1.54, 1.807) is 0 Å². The smallest absolute Gasteiger partial charge is 0.224 e. The van der Waals surface area contributed by atoms with Crippen LogP contribution in [-0.2, 0) is 19.4 Å². The van der Waals surface area contributed by atoms with Crippen LogP contribution in [0.5, 0.6) is 0 Å². The second-order valence-corrected chi connectivity index (χ2v) is 8.72. The van der Waals surface area contributed by atoms with E-state index in [2.05, 4.69) is 5.32 Å². The van der Waals surface area contributed by atoms with Crippen LogP contribution in [0.4, 0.5) is 0 Å². The summed E-state index contributed by atoms with van der Waals surface area (Å²) in [4.78, 5) is 24.5. The number of Topliss-reactive ketones (excluding diaryl/α,β-unsaturated/α-hetero) is 1. The van der Waals surface area contributed by atoms with Gasteiger partial charge >= 0.3 is 0 Å². The molecule has 128 valence electrons. The molecule has 0 bridgehead atoms. The van der Waals surface area contributed by atoms with Crippen molar-refractivity contribution in [3.8, 4) is 0 Å². The Morgan fingerprint density at radius 2 is 1.75 bits per heavy atom. The van der Waals surface area contributed by atoms with Crippen molar-refractivity contribution in [3.05, 3.63) is 41.5 Å². The zero-order valence-corrected chi connectivity index (χ0v) is 14.3. The molecule has 0 atom stereocenters. The van der Waals surface area contributed by atoms with Gasteiger partial charge in [-0.25, -0.2) is 8.42 Å². The zero-order chi connectivity index (χ0) is 17.2. The van der Waals surface area contributed by atoms with Gasteiger partial charge in [0.05, 0.1) is 17.9 Å². The molecule has 5 nitrogen and oxygen atoms in total. The van der Waals surface area contributed by atoms with Gasteiger partial charge in [0.1, 0.15) is 9.84 Å². The van der Waals surface area contributed by atoms with E-state index in [4.69, 9.17) is 0 Å². The lowest BCUT2D eigenvalue weighted by molar-refractivity contribution is -0.123. The van der Waals surface area contributed by atoms with E-state index in [1.807, 2.05) is 30.3 Å². The predicted molar refractivity (Wildman–Crippen MR) is 92.0 cm³/mol. The maximum absolute atomic E-state index is 12.3. The number of nitrogens with one attached hydrogen (secondary N) is 1. The molecule has 24 heavy (non-hydrogen) atoms. The number of amides is 1. The number of benzene rings is 1. The van der Waals surface area contributed by atoms with Gasteiger partial charge in [-0.15, -0.1) is 0 Å². The Balaban J connectivity index is 1.67. The highest BCUT2D eigenvalue weighted by Gasteiger charge is 2.28. The quantitative estimate of drug-likeness (QED) is 0.902. The molecule has 1 aliphatic carbocycles. The largest absolute Gasteiger partial charge is 0.353 e. The Morgan fingerprint density at radius 1 is 1.08 bits per heavy atom. The third-order valence-corrected chi connectivity index (χ3v) is 6.40. The fourth-order valence-corrected chi connectivity index (χ4v) is 4.84. The molecule has 1 fully saturated rings. The first kappa shape index (κ1) is 16.9. The van der Waals surface area contributed by atoms with Crippen LogP contribution < -0.4 is 5.32 Å². The second-order valence-electron chi connectivity index (χ2n) is 6.42. The van der Waals surface area contributed by atoms with E-state index in [9.17, 15) is 18.0 Å². The Bertz CT molecular complexity index is 766. The van der Waals surface area contributed by atoms with Crippen LogP contribution in [0.3, 0.4) is 0 Å². The van der Waals surface area contributed by atoms with E-state index >= 15 is 0 Å². The maximum atomic E-state index is 12.3. The Kier molecular flexibility index (Phi) is 4.85. The summed E-state index contributed by atoms with van der Waals surface area (Å²) >= 11 is 0. The molecule has 0 unspecified atom stereocenters. The molecular formula is C18H21NO4S. The number of carbonyl (C=O) groups excluding carboxylic acids is 2. The molecule has 0 radical (unpaired) electrons. The van der Waals surface area contributed by atoms with Crippen LogP contribution >= 0.6 is 0 Å². The molecule has 1 N–H and O–H groups in total. The van der Waals surface area contributed by atoms with Gasteiger partial charge < -0.3 is 5.32 Å². The standard InChI is InChI=1S/C18H21NO4S/c20-17-7-6-15(13-4-2-1-3-5-13)16(17)12-18(21)19-14-8-10-24(22,23)11-9-14/h1-5,14H,6-12H2,(H,19,21). The third kappa shape index (κ3) is 3.93. The molecular weight excluding hydrogens is 326 g/mol. The van der Waals surface area contributed by atoms with Crippen LogP contribution in [0.25, 0.3) is 5.57 Å². The molecule has 0 saturated carbocycles.